The van der Waals surface area contributed by atoms with Crippen LogP contribution in [0.5, 0.6) is 0 Å². The zero-order valence-electron chi connectivity index (χ0n) is 6.64. The first-order valence-electron chi connectivity index (χ1n) is 3.50. The summed E-state index contributed by atoms with van der Waals surface area (Å²) in [6.45, 7) is 3.75. The fourth-order valence-electron chi connectivity index (χ4n) is 0.930. The lowest BCUT2D eigenvalue weighted by Gasteiger charge is -1.86. The van der Waals surface area contributed by atoms with Crippen molar-refractivity contribution in [2.24, 2.45) is 5.73 Å². The normalized spacial score (nSPS) is 10.0. The molecule has 0 saturated heterocycles. The quantitative estimate of drug-likeness (QED) is 0.644. The Morgan fingerprint density at radius 1 is 1.73 bits per heavy atom. The summed E-state index contributed by atoms with van der Waals surface area (Å²) in [6.07, 6.45) is 0.786. The van der Waals surface area contributed by atoms with Crippen LogP contribution in [0.3, 0.4) is 0 Å². The minimum atomic E-state index is -0.474. The highest BCUT2D eigenvalue weighted by atomic mass is 16.1. The van der Waals surface area contributed by atoms with Gasteiger partial charge in [0.25, 0.3) is 5.91 Å². The number of aromatic amines is 1. The molecule has 1 aromatic rings. The zero-order valence-corrected chi connectivity index (χ0v) is 6.64. The Kier molecular flexibility index (Phi) is 1.94. The van der Waals surface area contributed by atoms with Gasteiger partial charge in [0, 0.05) is 12.1 Å². The number of carbonyl (C=O) groups is 1. The Balaban J connectivity index is 3.07. The number of nitrogens with one attached hydrogen (secondary N) is 1. The van der Waals surface area contributed by atoms with E-state index in [0.717, 1.165) is 17.9 Å². The van der Waals surface area contributed by atoms with Gasteiger partial charge in [0.05, 0.1) is 0 Å². The van der Waals surface area contributed by atoms with Crippen LogP contribution in [0.2, 0.25) is 0 Å². The average Bonchev–Trinajstić information content (AvgIpc) is 2.30. The van der Waals surface area contributed by atoms with Gasteiger partial charge >= 0.3 is 0 Å². The average molecular weight is 153 g/mol. The SMILES string of the molecule is CCc1nc(C(N)=O)c(C)[nH]1. The van der Waals surface area contributed by atoms with Gasteiger partial charge in [-0.05, 0) is 6.92 Å². The molecule has 4 heteroatoms. The Morgan fingerprint density at radius 2 is 2.36 bits per heavy atom. The van der Waals surface area contributed by atoms with E-state index in [2.05, 4.69) is 9.97 Å². The zero-order chi connectivity index (χ0) is 8.43. The van der Waals surface area contributed by atoms with Crippen molar-refractivity contribution in [2.45, 2.75) is 20.3 Å². The number of H-pyrrole nitrogens is 1. The summed E-state index contributed by atoms with van der Waals surface area (Å²) in [6, 6.07) is 0. The van der Waals surface area contributed by atoms with E-state index >= 15 is 0 Å². The fraction of sp³-hybridized carbons (Fsp3) is 0.429. The predicted octanol–water partition coefficient (Wildman–Crippen LogP) is 0.379. The van der Waals surface area contributed by atoms with Gasteiger partial charge in [-0.2, -0.15) is 0 Å². The number of primary amides is 1. The van der Waals surface area contributed by atoms with E-state index in [1.54, 1.807) is 6.92 Å². The number of hydrogen-bond acceptors (Lipinski definition) is 2. The third-order valence-electron chi connectivity index (χ3n) is 1.50. The van der Waals surface area contributed by atoms with E-state index in [0.29, 0.717) is 5.69 Å². The van der Waals surface area contributed by atoms with Crippen molar-refractivity contribution in [2.75, 3.05) is 0 Å². The number of rotatable bonds is 2. The number of hydrogen-bond donors (Lipinski definition) is 2. The number of amides is 1. The molecular weight excluding hydrogens is 142 g/mol. The molecule has 0 atom stereocenters. The second kappa shape index (κ2) is 2.74. The van der Waals surface area contributed by atoms with Crippen molar-refractivity contribution in [3.63, 3.8) is 0 Å². The van der Waals surface area contributed by atoms with E-state index in [-0.39, 0.29) is 0 Å². The Morgan fingerprint density at radius 3 is 2.64 bits per heavy atom. The first-order valence-corrected chi connectivity index (χ1v) is 3.50. The Hall–Kier alpha value is -1.32. The van der Waals surface area contributed by atoms with E-state index in [9.17, 15) is 4.79 Å². The van der Waals surface area contributed by atoms with Crippen LogP contribution in [0, 0.1) is 6.92 Å². The van der Waals surface area contributed by atoms with Crippen LogP contribution in [0.25, 0.3) is 0 Å². The molecule has 0 fully saturated rings. The molecule has 3 N–H and O–H groups in total. The van der Waals surface area contributed by atoms with Gasteiger partial charge in [-0.1, -0.05) is 6.92 Å². The van der Waals surface area contributed by atoms with Crippen molar-refractivity contribution in [3.05, 3.63) is 17.2 Å². The molecule has 1 rings (SSSR count). The van der Waals surface area contributed by atoms with Crippen molar-refractivity contribution in [3.8, 4) is 0 Å². The van der Waals surface area contributed by atoms with Crippen LogP contribution in [0.4, 0.5) is 0 Å². The molecule has 0 bridgehead atoms. The first kappa shape index (κ1) is 7.78. The lowest BCUT2D eigenvalue weighted by molar-refractivity contribution is 0.0995. The summed E-state index contributed by atoms with van der Waals surface area (Å²) in [4.78, 5) is 17.7. The van der Waals surface area contributed by atoms with Crippen LogP contribution in [-0.2, 0) is 6.42 Å². The molecule has 0 saturated carbocycles. The van der Waals surface area contributed by atoms with Crippen LogP contribution in [0.1, 0.15) is 28.9 Å². The highest BCUT2D eigenvalue weighted by molar-refractivity contribution is 5.91. The van der Waals surface area contributed by atoms with Crippen LogP contribution >= 0.6 is 0 Å². The Labute approximate surface area is 64.8 Å². The molecule has 0 aliphatic carbocycles. The molecule has 0 aromatic carbocycles. The summed E-state index contributed by atoms with van der Waals surface area (Å²) in [5, 5.41) is 0. The maximum atomic E-state index is 10.7. The van der Waals surface area contributed by atoms with E-state index < -0.39 is 5.91 Å². The maximum Gasteiger partial charge on any atom is 0.269 e. The number of imidazole rings is 1. The molecule has 4 nitrogen and oxygen atoms in total. The summed E-state index contributed by atoms with van der Waals surface area (Å²) in [5.41, 5.74) is 6.15. The third-order valence-corrected chi connectivity index (χ3v) is 1.50. The number of nitrogens with two attached hydrogens (primary N) is 1. The maximum absolute atomic E-state index is 10.7. The molecule has 1 aromatic heterocycles. The minimum Gasteiger partial charge on any atom is -0.364 e. The van der Waals surface area contributed by atoms with E-state index in [1.165, 1.54) is 0 Å². The van der Waals surface area contributed by atoms with Gasteiger partial charge in [-0.15, -0.1) is 0 Å². The number of carbonyl (C=O) groups excluding carboxylic acids is 1. The second-order valence-electron chi connectivity index (χ2n) is 2.37. The molecule has 60 valence electrons. The van der Waals surface area contributed by atoms with Crippen molar-refractivity contribution >= 4 is 5.91 Å². The number of aryl methyl sites for hydroxylation is 2. The van der Waals surface area contributed by atoms with Crippen molar-refractivity contribution < 1.29 is 4.79 Å². The van der Waals surface area contributed by atoms with Gasteiger partial charge < -0.3 is 10.7 Å². The highest BCUT2D eigenvalue weighted by Crippen LogP contribution is 2.03. The lowest BCUT2D eigenvalue weighted by Crippen LogP contribution is -2.12. The monoisotopic (exact) mass is 153 g/mol. The first-order chi connectivity index (χ1) is 5.15. The summed E-state index contributed by atoms with van der Waals surface area (Å²) >= 11 is 0. The summed E-state index contributed by atoms with van der Waals surface area (Å²) < 4.78 is 0. The Bertz CT molecular complexity index is 277. The number of nitrogens with zero attached hydrogens (tertiary/aromatic N) is 1. The number of aromatic nitrogens is 2. The smallest absolute Gasteiger partial charge is 0.269 e. The van der Waals surface area contributed by atoms with Gasteiger partial charge in [-0.25, -0.2) is 4.98 Å². The molecular formula is C7H11N3O. The van der Waals surface area contributed by atoms with Crippen LogP contribution in [-0.4, -0.2) is 15.9 Å². The largest absolute Gasteiger partial charge is 0.364 e. The molecule has 0 spiro atoms. The van der Waals surface area contributed by atoms with Gasteiger partial charge in [0.15, 0.2) is 0 Å². The minimum absolute atomic E-state index is 0.349. The molecule has 0 radical (unpaired) electrons. The van der Waals surface area contributed by atoms with Gasteiger partial charge in [-0.3, -0.25) is 4.79 Å². The summed E-state index contributed by atoms with van der Waals surface area (Å²) in [5.74, 6) is 0.328. The van der Waals surface area contributed by atoms with Crippen LogP contribution < -0.4 is 5.73 Å². The highest BCUT2D eigenvalue weighted by Gasteiger charge is 2.09. The molecule has 1 heterocycles. The summed E-state index contributed by atoms with van der Waals surface area (Å²) in [7, 11) is 0. The molecule has 1 amide bonds. The predicted molar refractivity (Wildman–Crippen MR) is 41.2 cm³/mol. The van der Waals surface area contributed by atoms with Gasteiger partial charge in [0.1, 0.15) is 11.5 Å². The third kappa shape index (κ3) is 1.39. The van der Waals surface area contributed by atoms with Gasteiger partial charge in [0.2, 0.25) is 0 Å². The molecule has 0 aliphatic heterocycles. The lowest BCUT2D eigenvalue weighted by atomic mass is 10.3. The van der Waals surface area contributed by atoms with E-state index in [1.807, 2.05) is 6.92 Å². The standard InChI is InChI=1S/C7H11N3O/c1-3-5-9-4(2)6(10-5)7(8)11/h3H2,1-2H3,(H2,8,11)(H,9,10). The van der Waals surface area contributed by atoms with E-state index in [4.69, 9.17) is 5.73 Å². The molecule has 11 heavy (non-hydrogen) atoms. The van der Waals surface area contributed by atoms with Crippen LogP contribution in [0.15, 0.2) is 0 Å². The second-order valence-corrected chi connectivity index (χ2v) is 2.37. The fourth-order valence-corrected chi connectivity index (χ4v) is 0.930. The molecule has 0 aliphatic rings. The molecule has 0 unspecified atom stereocenters. The van der Waals surface area contributed by atoms with Crippen molar-refractivity contribution in [1.82, 2.24) is 9.97 Å². The van der Waals surface area contributed by atoms with Crippen molar-refractivity contribution in [1.29, 1.82) is 0 Å². The topological polar surface area (TPSA) is 71.8 Å².